The summed E-state index contributed by atoms with van der Waals surface area (Å²) < 4.78 is 0.603. The van der Waals surface area contributed by atoms with Crippen LogP contribution in [0.25, 0.3) is 0 Å². The summed E-state index contributed by atoms with van der Waals surface area (Å²) in [6, 6.07) is 1.44. The highest BCUT2D eigenvalue weighted by atomic mass is 79.9. The van der Waals surface area contributed by atoms with Crippen molar-refractivity contribution < 1.29 is 4.92 Å². The summed E-state index contributed by atoms with van der Waals surface area (Å²) >= 11 is 3.26. The first kappa shape index (κ1) is 13.9. The molecule has 94 valence electrons. The molecule has 0 aliphatic carbocycles. The highest BCUT2D eigenvalue weighted by Gasteiger charge is 2.10. The second-order valence-corrected chi connectivity index (χ2v) is 4.46. The molecule has 1 aromatic heterocycles. The number of aromatic nitrogens is 1. The lowest BCUT2D eigenvalue weighted by molar-refractivity contribution is -0.385. The quantitative estimate of drug-likeness (QED) is 0.644. The molecular weight excluding hydrogens is 288 g/mol. The average molecular weight is 303 g/mol. The van der Waals surface area contributed by atoms with Gasteiger partial charge in [-0.05, 0) is 29.5 Å². The van der Waals surface area contributed by atoms with E-state index in [9.17, 15) is 10.1 Å². The number of rotatable bonds is 6. The summed E-state index contributed by atoms with van der Waals surface area (Å²) in [7, 11) is 2.03. The molecule has 0 saturated heterocycles. The minimum absolute atomic E-state index is 0.0203. The molecule has 0 atom stereocenters. The van der Waals surface area contributed by atoms with Gasteiger partial charge in [-0.25, -0.2) is 4.98 Å². The number of halogens is 1. The maximum Gasteiger partial charge on any atom is 0.288 e. The maximum atomic E-state index is 10.5. The molecule has 0 saturated carbocycles. The van der Waals surface area contributed by atoms with E-state index in [1.165, 1.54) is 12.3 Å². The van der Waals surface area contributed by atoms with E-state index in [0.717, 1.165) is 19.6 Å². The molecule has 0 aliphatic heterocycles. The minimum atomic E-state index is -0.466. The van der Waals surface area contributed by atoms with Crippen LogP contribution in [0, 0.1) is 10.1 Å². The maximum absolute atomic E-state index is 10.5. The second-order valence-electron chi connectivity index (χ2n) is 3.60. The smallest absolute Gasteiger partial charge is 0.288 e. The van der Waals surface area contributed by atoms with Gasteiger partial charge < -0.3 is 10.2 Å². The van der Waals surface area contributed by atoms with Crippen LogP contribution in [0.1, 0.15) is 6.92 Å². The second kappa shape index (κ2) is 6.51. The van der Waals surface area contributed by atoms with Gasteiger partial charge in [-0.15, -0.1) is 0 Å². The van der Waals surface area contributed by atoms with Crippen molar-refractivity contribution in [3.63, 3.8) is 0 Å². The van der Waals surface area contributed by atoms with Gasteiger partial charge in [-0.1, -0.05) is 6.92 Å². The van der Waals surface area contributed by atoms with E-state index in [0.29, 0.717) is 10.3 Å². The Hall–Kier alpha value is -1.21. The SMILES string of the molecule is CCN(C)CCNc1ncc([N+](=O)[O-])cc1Br. The van der Waals surface area contributed by atoms with Gasteiger partial charge in [-0.2, -0.15) is 0 Å². The molecular formula is C10H15BrN4O2. The molecule has 0 bridgehead atoms. The van der Waals surface area contributed by atoms with Crippen LogP contribution in [0.4, 0.5) is 11.5 Å². The predicted molar refractivity (Wildman–Crippen MR) is 70.3 cm³/mol. The van der Waals surface area contributed by atoms with E-state index in [-0.39, 0.29) is 5.69 Å². The van der Waals surface area contributed by atoms with Crippen molar-refractivity contribution in [3.8, 4) is 0 Å². The molecule has 0 aliphatic rings. The summed E-state index contributed by atoms with van der Waals surface area (Å²) in [6.45, 7) is 4.70. The van der Waals surface area contributed by atoms with Crippen LogP contribution in [0.3, 0.4) is 0 Å². The molecule has 1 rings (SSSR count). The molecule has 1 aromatic rings. The molecule has 6 nitrogen and oxygen atoms in total. The number of likely N-dealkylation sites (N-methyl/N-ethyl adjacent to an activating group) is 1. The summed E-state index contributed by atoms with van der Waals surface area (Å²) in [6.07, 6.45) is 1.25. The number of anilines is 1. The lowest BCUT2D eigenvalue weighted by Gasteiger charge is -2.14. The van der Waals surface area contributed by atoms with E-state index in [1.54, 1.807) is 0 Å². The average Bonchev–Trinajstić information content (AvgIpc) is 2.30. The van der Waals surface area contributed by atoms with E-state index < -0.39 is 4.92 Å². The Bertz CT molecular complexity index is 400. The zero-order valence-electron chi connectivity index (χ0n) is 9.81. The van der Waals surface area contributed by atoms with Crippen molar-refractivity contribution in [2.45, 2.75) is 6.92 Å². The zero-order chi connectivity index (χ0) is 12.8. The van der Waals surface area contributed by atoms with E-state index in [2.05, 4.69) is 38.1 Å². The highest BCUT2D eigenvalue weighted by Crippen LogP contribution is 2.23. The van der Waals surface area contributed by atoms with Gasteiger partial charge in [0.1, 0.15) is 12.0 Å². The summed E-state index contributed by atoms with van der Waals surface area (Å²) in [5, 5.41) is 13.6. The highest BCUT2D eigenvalue weighted by molar-refractivity contribution is 9.10. The molecule has 1 heterocycles. The van der Waals surface area contributed by atoms with Crippen molar-refractivity contribution in [1.82, 2.24) is 9.88 Å². The van der Waals surface area contributed by atoms with Gasteiger partial charge in [0.25, 0.3) is 5.69 Å². The Morgan fingerprint density at radius 3 is 2.88 bits per heavy atom. The van der Waals surface area contributed by atoms with Crippen molar-refractivity contribution >= 4 is 27.4 Å². The number of nitrogens with zero attached hydrogens (tertiary/aromatic N) is 3. The fourth-order valence-electron chi connectivity index (χ4n) is 1.18. The molecule has 0 radical (unpaired) electrons. The van der Waals surface area contributed by atoms with Crippen LogP contribution in [0.15, 0.2) is 16.7 Å². The third kappa shape index (κ3) is 4.27. The Balaban J connectivity index is 2.57. The molecule has 17 heavy (non-hydrogen) atoms. The summed E-state index contributed by atoms with van der Waals surface area (Å²) in [5.41, 5.74) is -0.0203. The molecule has 0 fully saturated rings. The lowest BCUT2D eigenvalue weighted by atomic mass is 10.4. The van der Waals surface area contributed by atoms with Gasteiger partial charge in [0, 0.05) is 19.2 Å². The summed E-state index contributed by atoms with van der Waals surface area (Å²) in [5.74, 6) is 0.625. The van der Waals surface area contributed by atoms with E-state index in [4.69, 9.17) is 0 Å². The Labute approximate surface area is 108 Å². The van der Waals surface area contributed by atoms with Crippen LogP contribution in [0.2, 0.25) is 0 Å². The van der Waals surface area contributed by atoms with Gasteiger partial charge in [0.15, 0.2) is 0 Å². The molecule has 0 aromatic carbocycles. The van der Waals surface area contributed by atoms with Crippen LogP contribution in [-0.2, 0) is 0 Å². The van der Waals surface area contributed by atoms with E-state index >= 15 is 0 Å². The molecule has 7 heteroatoms. The first-order valence-electron chi connectivity index (χ1n) is 5.27. The molecule has 0 spiro atoms. The fourth-order valence-corrected chi connectivity index (χ4v) is 1.66. The number of nitro groups is 1. The van der Waals surface area contributed by atoms with Crippen molar-refractivity contribution in [1.29, 1.82) is 0 Å². The fraction of sp³-hybridized carbons (Fsp3) is 0.500. The number of pyridine rings is 1. The number of hydrogen-bond donors (Lipinski definition) is 1. The Kier molecular flexibility index (Phi) is 5.30. The Morgan fingerprint density at radius 1 is 1.65 bits per heavy atom. The first-order chi connectivity index (χ1) is 8.04. The number of hydrogen-bond acceptors (Lipinski definition) is 5. The van der Waals surface area contributed by atoms with Crippen molar-refractivity contribution in [2.75, 3.05) is 32.0 Å². The van der Waals surface area contributed by atoms with Gasteiger partial charge in [0.05, 0.1) is 9.40 Å². The monoisotopic (exact) mass is 302 g/mol. The van der Waals surface area contributed by atoms with Crippen LogP contribution < -0.4 is 5.32 Å². The van der Waals surface area contributed by atoms with Gasteiger partial charge in [0.2, 0.25) is 0 Å². The predicted octanol–water partition coefficient (Wildman–Crippen LogP) is 2.12. The number of nitrogens with one attached hydrogen (secondary N) is 1. The Morgan fingerprint density at radius 2 is 2.35 bits per heavy atom. The lowest BCUT2D eigenvalue weighted by Crippen LogP contribution is -2.25. The first-order valence-corrected chi connectivity index (χ1v) is 6.06. The molecule has 0 unspecified atom stereocenters. The third-order valence-electron chi connectivity index (χ3n) is 2.36. The van der Waals surface area contributed by atoms with Crippen LogP contribution in [0.5, 0.6) is 0 Å². The van der Waals surface area contributed by atoms with Crippen LogP contribution >= 0.6 is 15.9 Å². The van der Waals surface area contributed by atoms with E-state index in [1.807, 2.05) is 7.05 Å². The summed E-state index contributed by atoms with van der Waals surface area (Å²) in [4.78, 5) is 16.2. The molecule has 1 N–H and O–H groups in total. The normalized spacial score (nSPS) is 10.6. The topological polar surface area (TPSA) is 71.3 Å². The largest absolute Gasteiger partial charge is 0.368 e. The van der Waals surface area contributed by atoms with Crippen molar-refractivity contribution in [3.05, 3.63) is 26.9 Å². The van der Waals surface area contributed by atoms with Crippen LogP contribution in [-0.4, -0.2) is 41.5 Å². The standard InChI is InChI=1S/C10H15BrN4O2/c1-3-14(2)5-4-12-10-9(11)6-8(7-13-10)15(16)17/h6-7H,3-5H2,1-2H3,(H,12,13). The van der Waals surface area contributed by atoms with Crippen molar-refractivity contribution in [2.24, 2.45) is 0 Å². The zero-order valence-corrected chi connectivity index (χ0v) is 11.4. The third-order valence-corrected chi connectivity index (χ3v) is 2.97. The van der Waals surface area contributed by atoms with Gasteiger partial charge >= 0.3 is 0 Å². The molecule has 0 amide bonds. The van der Waals surface area contributed by atoms with Gasteiger partial charge in [-0.3, -0.25) is 10.1 Å². The minimum Gasteiger partial charge on any atom is -0.368 e.